The Bertz CT molecular complexity index is 1190. The molecule has 0 radical (unpaired) electrons. The van der Waals surface area contributed by atoms with Crippen LogP contribution in [0.3, 0.4) is 0 Å². The zero-order chi connectivity index (χ0) is 23.1. The fourth-order valence-electron chi connectivity index (χ4n) is 5.82. The minimum Gasteiger partial charge on any atom is -0.485 e. The maximum Gasteiger partial charge on any atom is 0.320 e. The zero-order valence-electron chi connectivity index (χ0n) is 19.0. The summed E-state index contributed by atoms with van der Waals surface area (Å²) < 4.78 is 6.04. The summed E-state index contributed by atoms with van der Waals surface area (Å²) in [6.07, 6.45) is 5.85. The number of carbonyl (C=O) groups is 1. The number of hydrogen-bond donors (Lipinski definition) is 2. The highest BCUT2D eigenvalue weighted by molar-refractivity contribution is 5.76. The van der Waals surface area contributed by atoms with Crippen molar-refractivity contribution in [2.75, 3.05) is 26.2 Å². The van der Waals surface area contributed by atoms with Crippen molar-refractivity contribution < 1.29 is 14.6 Å². The number of benzene rings is 1. The van der Waals surface area contributed by atoms with E-state index in [1.54, 1.807) is 0 Å². The maximum absolute atomic E-state index is 12.8. The monoisotopic (exact) mass is 460 g/mol. The van der Waals surface area contributed by atoms with E-state index in [0.29, 0.717) is 42.1 Å². The van der Waals surface area contributed by atoms with Crippen molar-refractivity contribution in [3.63, 3.8) is 0 Å². The lowest BCUT2D eigenvalue weighted by Gasteiger charge is -2.59. The average molecular weight is 461 g/mol. The molecule has 2 aromatic rings. The number of nitrogens with zero attached hydrogens (tertiary/aromatic N) is 5. The molecule has 1 aromatic carbocycles. The van der Waals surface area contributed by atoms with E-state index >= 15 is 0 Å². The van der Waals surface area contributed by atoms with Crippen molar-refractivity contribution >= 4 is 6.03 Å². The van der Waals surface area contributed by atoms with Crippen LogP contribution in [0.25, 0.3) is 0 Å². The van der Waals surface area contributed by atoms with Crippen LogP contribution in [0.4, 0.5) is 4.79 Å². The number of aromatic nitrogens is 3. The third kappa shape index (κ3) is 3.27. The predicted molar refractivity (Wildman–Crippen MR) is 120 cm³/mol. The molecule has 5 aliphatic rings. The highest BCUT2D eigenvalue weighted by Crippen LogP contribution is 2.56. The second kappa shape index (κ2) is 6.95. The standard InChI is InChI=1S/C25H28N6O3/c26-10-17-7-16(15-1-2-15)3-4-20(17)34-19-11-30(12-19)23(32)31-13-24(14-31)8-18(9-24)21-27-22(29-28-21)25(33)5-6-25/h3-4,7,15,18-19,33H,1-2,5-6,8-9,11-14H2,(H,27,28,29). The number of urea groups is 1. The Kier molecular flexibility index (Phi) is 4.14. The summed E-state index contributed by atoms with van der Waals surface area (Å²) in [7, 11) is 0. The van der Waals surface area contributed by atoms with Crippen LogP contribution in [-0.2, 0) is 5.60 Å². The van der Waals surface area contributed by atoms with Gasteiger partial charge in [-0.2, -0.15) is 5.26 Å². The third-order valence-electron chi connectivity index (χ3n) is 8.32. The third-order valence-corrected chi connectivity index (χ3v) is 8.32. The summed E-state index contributed by atoms with van der Waals surface area (Å²) in [5.41, 5.74) is 1.24. The number of ether oxygens (including phenoxy) is 1. The van der Waals surface area contributed by atoms with Crippen molar-refractivity contribution in [1.82, 2.24) is 25.0 Å². The van der Waals surface area contributed by atoms with E-state index < -0.39 is 5.60 Å². The molecule has 2 aliphatic heterocycles. The molecule has 2 amide bonds. The van der Waals surface area contributed by atoms with E-state index in [4.69, 9.17) is 4.74 Å². The molecular weight excluding hydrogens is 432 g/mol. The zero-order valence-corrected chi connectivity index (χ0v) is 19.0. The molecule has 176 valence electrons. The number of amides is 2. The largest absolute Gasteiger partial charge is 0.485 e. The van der Waals surface area contributed by atoms with E-state index in [9.17, 15) is 15.2 Å². The molecule has 3 aliphatic carbocycles. The lowest BCUT2D eigenvalue weighted by Crippen LogP contribution is -2.68. The Labute approximate surface area is 197 Å². The lowest BCUT2D eigenvalue weighted by atomic mass is 9.57. The van der Waals surface area contributed by atoms with E-state index in [2.05, 4.69) is 27.3 Å². The van der Waals surface area contributed by atoms with E-state index in [0.717, 1.165) is 44.6 Å². The first-order valence-electron chi connectivity index (χ1n) is 12.3. The van der Waals surface area contributed by atoms with Gasteiger partial charge < -0.3 is 24.6 Å². The van der Waals surface area contributed by atoms with Crippen LogP contribution in [0.5, 0.6) is 5.75 Å². The number of aromatic amines is 1. The molecule has 9 heteroatoms. The minimum atomic E-state index is -0.776. The van der Waals surface area contributed by atoms with E-state index in [1.807, 2.05) is 21.9 Å². The Hall–Kier alpha value is -3.12. The normalized spacial score (nSPS) is 24.7. The molecule has 34 heavy (non-hydrogen) atoms. The van der Waals surface area contributed by atoms with Gasteiger partial charge in [0.05, 0.1) is 18.7 Å². The van der Waals surface area contributed by atoms with Gasteiger partial charge in [-0.25, -0.2) is 4.79 Å². The van der Waals surface area contributed by atoms with Gasteiger partial charge in [-0.05, 0) is 62.1 Å². The molecule has 3 heterocycles. The molecule has 1 spiro atoms. The molecule has 3 saturated carbocycles. The summed E-state index contributed by atoms with van der Waals surface area (Å²) >= 11 is 0. The number of nitriles is 1. The second-order valence-electron chi connectivity index (χ2n) is 11.1. The van der Waals surface area contributed by atoms with Gasteiger partial charge in [-0.3, -0.25) is 0 Å². The van der Waals surface area contributed by atoms with Crippen LogP contribution in [0.15, 0.2) is 18.2 Å². The Morgan fingerprint density at radius 3 is 2.59 bits per heavy atom. The van der Waals surface area contributed by atoms with Gasteiger partial charge in [-0.15, -0.1) is 10.2 Å². The minimum absolute atomic E-state index is 0.0620. The fraction of sp³-hybridized carbons (Fsp3) is 0.600. The van der Waals surface area contributed by atoms with E-state index in [1.165, 1.54) is 18.4 Å². The maximum atomic E-state index is 12.8. The molecular formula is C25H28N6O3. The Morgan fingerprint density at radius 1 is 1.15 bits per heavy atom. The Morgan fingerprint density at radius 2 is 1.91 bits per heavy atom. The van der Waals surface area contributed by atoms with E-state index in [-0.39, 0.29) is 17.6 Å². The molecule has 0 bridgehead atoms. The van der Waals surface area contributed by atoms with Gasteiger partial charge in [0.1, 0.15) is 29.3 Å². The van der Waals surface area contributed by atoms with Crippen LogP contribution in [0, 0.1) is 16.7 Å². The highest BCUT2D eigenvalue weighted by atomic mass is 16.5. The second-order valence-corrected chi connectivity index (χ2v) is 11.1. The quantitative estimate of drug-likeness (QED) is 0.708. The topological polar surface area (TPSA) is 118 Å². The molecule has 5 fully saturated rings. The van der Waals surface area contributed by atoms with Crippen molar-refractivity contribution in [2.24, 2.45) is 5.41 Å². The molecule has 0 unspecified atom stereocenters. The van der Waals surface area contributed by atoms with Crippen LogP contribution in [-0.4, -0.2) is 68.4 Å². The molecule has 1 aromatic heterocycles. The summed E-state index contributed by atoms with van der Waals surface area (Å²) in [4.78, 5) is 19.8. The first-order valence-corrected chi connectivity index (χ1v) is 12.3. The molecule has 2 N–H and O–H groups in total. The number of H-pyrrole nitrogens is 1. The van der Waals surface area contributed by atoms with Crippen molar-refractivity contribution in [1.29, 1.82) is 5.26 Å². The van der Waals surface area contributed by atoms with Crippen molar-refractivity contribution in [2.45, 2.75) is 62.1 Å². The summed E-state index contributed by atoms with van der Waals surface area (Å²) in [5.74, 6) is 3.03. The number of aliphatic hydroxyl groups is 1. The predicted octanol–water partition coefficient (Wildman–Crippen LogP) is 2.60. The van der Waals surface area contributed by atoms with Gasteiger partial charge in [0, 0.05) is 24.4 Å². The smallest absolute Gasteiger partial charge is 0.320 e. The number of hydrogen-bond acceptors (Lipinski definition) is 6. The van der Waals surface area contributed by atoms with Gasteiger partial charge in [0.2, 0.25) is 0 Å². The summed E-state index contributed by atoms with van der Waals surface area (Å²) in [5, 5.41) is 28.1. The van der Waals surface area contributed by atoms with Crippen molar-refractivity contribution in [3.05, 3.63) is 41.0 Å². The van der Waals surface area contributed by atoms with Gasteiger partial charge in [0.25, 0.3) is 0 Å². The SMILES string of the molecule is N#Cc1cc(C2CC2)ccc1OC1CN(C(=O)N2CC3(CC(c4nnc(C5(O)CC5)[nH]4)C3)C2)C1. The van der Waals surface area contributed by atoms with Crippen LogP contribution >= 0.6 is 0 Å². The number of carbonyl (C=O) groups excluding carboxylic acids is 1. The first-order chi connectivity index (χ1) is 16.4. The van der Waals surface area contributed by atoms with Crippen LogP contribution in [0.2, 0.25) is 0 Å². The summed E-state index contributed by atoms with van der Waals surface area (Å²) in [6.45, 7) is 2.70. The number of rotatable bonds is 5. The lowest BCUT2D eigenvalue weighted by molar-refractivity contribution is -0.0666. The molecule has 7 rings (SSSR count). The van der Waals surface area contributed by atoms with Crippen molar-refractivity contribution in [3.8, 4) is 11.8 Å². The van der Waals surface area contributed by atoms with Gasteiger partial charge in [0.15, 0.2) is 5.82 Å². The fourth-order valence-corrected chi connectivity index (χ4v) is 5.82. The number of likely N-dealkylation sites (tertiary alicyclic amines) is 2. The average Bonchev–Trinajstić information content (AvgIpc) is 3.68. The Balaban J connectivity index is 0.882. The van der Waals surface area contributed by atoms with Crippen LogP contribution in [0.1, 0.15) is 73.1 Å². The first kappa shape index (κ1) is 20.3. The molecule has 0 atom stereocenters. The molecule has 2 saturated heterocycles. The molecule has 9 nitrogen and oxygen atoms in total. The summed E-state index contributed by atoms with van der Waals surface area (Å²) in [6, 6.07) is 8.26. The number of nitrogens with one attached hydrogen (secondary N) is 1. The highest BCUT2D eigenvalue weighted by Gasteiger charge is 2.56. The van der Waals surface area contributed by atoms with Crippen LogP contribution < -0.4 is 4.74 Å². The van der Waals surface area contributed by atoms with Gasteiger partial charge >= 0.3 is 6.03 Å². The van der Waals surface area contributed by atoms with Gasteiger partial charge in [-0.1, -0.05) is 6.07 Å².